The number of nitrogens with two attached hydrogens (primary N) is 1. The van der Waals surface area contributed by atoms with Crippen LogP contribution < -0.4 is 10.0 Å². The van der Waals surface area contributed by atoms with Crippen molar-refractivity contribution < 1.29 is 8.42 Å². The summed E-state index contributed by atoms with van der Waals surface area (Å²) in [6.45, 7) is 8.09. The standard InChI is InChI=1S/C15H22N2O2S/c1-5-17(20(4,18)19)15-9-14(16)12(10(2)3)8-13(15)11-6-7-11/h8-9,11H,2,5-7,16H2,1,3-4H3. The van der Waals surface area contributed by atoms with Crippen LogP contribution in [0, 0.1) is 0 Å². The first-order chi connectivity index (χ1) is 9.25. The Morgan fingerprint density at radius 1 is 1.45 bits per heavy atom. The van der Waals surface area contributed by atoms with Gasteiger partial charge < -0.3 is 5.73 Å². The molecule has 5 heteroatoms. The minimum absolute atomic E-state index is 0.407. The molecule has 0 aromatic heterocycles. The van der Waals surface area contributed by atoms with E-state index in [2.05, 4.69) is 6.58 Å². The zero-order valence-corrected chi connectivity index (χ0v) is 13.1. The van der Waals surface area contributed by atoms with E-state index in [0.29, 0.717) is 18.2 Å². The minimum Gasteiger partial charge on any atom is -0.398 e. The molecule has 0 aliphatic heterocycles. The quantitative estimate of drug-likeness (QED) is 0.849. The van der Waals surface area contributed by atoms with Crippen molar-refractivity contribution in [3.8, 4) is 0 Å². The first-order valence-electron chi connectivity index (χ1n) is 6.82. The summed E-state index contributed by atoms with van der Waals surface area (Å²) >= 11 is 0. The summed E-state index contributed by atoms with van der Waals surface area (Å²) in [5.41, 5.74) is 10.3. The largest absolute Gasteiger partial charge is 0.398 e. The summed E-state index contributed by atoms with van der Waals surface area (Å²) in [6.07, 6.45) is 3.44. The molecule has 1 aliphatic carbocycles. The van der Waals surface area contributed by atoms with E-state index in [1.807, 2.05) is 19.9 Å². The summed E-state index contributed by atoms with van der Waals surface area (Å²) in [5, 5.41) is 0. The molecular weight excluding hydrogens is 272 g/mol. The predicted molar refractivity (Wildman–Crippen MR) is 85.4 cm³/mol. The first kappa shape index (κ1) is 14.9. The highest BCUT2D eigenvalue weighted by Gasteiger charge is 2.30. The van der Waals surface area contributed by atoms with Crippen LogP contribution in [0.2, 0.25) is 0 Å². The number of nitrogens with zero attached hydrogens (tertiary/aromatic N) is 1. The highest BCUT2D eigenvalue weighted by Crippen LogP contribution is 2.46. The Labute approximate surface area is 121 Å². The third-order valence-electron chi connectivity index (χ3n) is 3.63. The zero-order chi connectivity index (χ0) is 15.1. The molecule has 4 nitrogen and oxygen atoms in total. The molecule has 0 amide bonds. The second kappa shape index (κ2) is 5.13. The molecule has 110 valence electrons. The Hall–Kier alpha value is -1.49. The minimum atomic E-state index is -3.29. The number of hydrogen-bond donors (Lipinski definition) is 1. The smallest absolute Gasteiger partial charge is 0.232 e. The lowest BCUT2D eigenvalue weighted by Crippen LogP contribution is -2.30. The monoisotopic (exact) mass is 294 g/mol. The van der Waals surface area contributed by atoms with Gasteiger partial charge in [0.2, 0.25) is 10.0 Å². The summed E-state index contributed by atoms with van der Waals surface area (Å²) in [5.74, 6) is 0.444. The number of rotatable bonds is 5. The van der Waals surface area contributed by atoms with Crippen LogP contribution in [0.3, 0.4) is 0 Å². The van der Waals surface area contributed by atoms with Crippen LogP contribution in [-0.4, -0.2) is 21.2 Å². The lowest BCUT2D eigenvalue weighted by Gasteiger charge is -2.25. The molecule has 1 aromatic rings. The molecule has 20 heavy (non-hydrogen) atoms. The number of anilines is 2. The first-order valence-corrected chi connectivity index (χ1v) is 8.67. The van der Waals surface area contributed by atoms with Crippen molar-refractivity contribution in [3.63, 3.8) is 0 Å². The van der Waals surface area contributed by atoms with Gasteiger partial charge in [-0.15, -0.1) is 0 Å². The molecule has 2 N–H and O–H groups in total. The van der Waals surface area contributed by atoms with Gasteiger partial charge in [-0.05, 0) is 55.9 Å². The highest BCUT2D eigenvalue weighted by atomic mass is 32.2. The van der Waals surface area contributed by atoms with Gasteiger partial charge in [0.1, 0.15) is 0 Å². The molecule has 1 saturated carbocycles. The van der Waals surface area contributed by atoms with Gasteiger partial charge in [0.25, 0.3) is 0 Å². The van der Waals surface area contributed by atoms with E-state index in [4.69, 9.17) is 5.73 Å². The van der Waals surface area contributed by atoms with Gasteiger partial charge in [-0.1, -0.05) is 6.58 Å². The second-order valence-electron chi connectivity index (χ2n) is 5.48. The maximum atomic E-state index is 12.0. The average molecular weight is 294 g/mol. The fraction of sp³-hybridized carbons (Fsp3) is 0.467. The Balaban J connectivity index is 2.63. The van der Waals surface area contributed by atoms with Gasteiger partial charge in [-0.2, -0.15) is 0 Å². The van der Waals surface area contributed by atoms with Crippen LogP contribution in [0.5, 0.6) is 0 Å². The van der Waals surface area contributed by atoms with Crippen molar-refractivity contribution in [2.24, 2.45) is 0 Å². The van der Waals surface area contributed by atoms with E-state index in [1.54, 1.807) is 6.07 Å². The number of allylic oxidation sites excluding steroid dienone is 1. The highest BCUT2D eigenvalue weighted by molar-refractivity contribution is 7.92. The van der Waals surface area contributed by atoms with Gasteiger partial charge in [0.15, 0.2) is 0 Å². The SMILES string of the molecule is C=C(C)c1cc(C2CC2)c(N(CC)S(C)(=O)=O)cc1N. The van der Waals surface area contributed by atoms with Crippen molar-refractivity contribution in [1.29, 1.82) is 0 Å². The Bertz CT molecular complexity index is 646. The number of sulfonamides is 1. The van der Waals surface area contributed by atoms with E-state index in [9.17, 15) is 8.42 Å². The Morgan fingerprint density at radius 3 is 2.45 bits per heavy atom. The topological polar surface area (TPSA) is 63.4 Å². The number of hydrogen-bond acceptors (Lipinski definition) is 3. The molecule has 1 fully saturated rings. The molecule has 2 rings (SSSR count). The molecule has 0 unspecified atom stereocenters. The fourth-order valence-electron chi connectivity index (χ4n) is 2.51. The van der Waals surface area contributed by atoms with E-state index in [0.717, 1.165) is 35.2 Å². The predicted octanol–water partition coefficient (Wildman–Crippen LogP) is 2.97. The zero-order valence-electron chi connectivity index (χ0n) is 12.3. The summed E-state index contributed by atoms with van der Waals surface area (Å²) in [7, 11) is -3.29. The summed E-state index contributed by atoms with van der Waals surface area (Å²) < 4.78 is 25.3. The molecule has 1 aromatic carbocycles. The number of nitrogen functional groups attached to an aromatic ring is 1. The van der Waals surface area contributed by atoms with Gasteiger partial charge >= 0.3 is 0 Å². The Morgan fingerprint density at radius 2 is 2.05 bits per heavy atom. The van der Waals surface area contributed by atoms with Crippen molar-refractivity contribution in [3.05, 3.63) is 29.8 Å². The third-order valence-corrected chi connectivity index (χ3v) is 4.89. The third kappa shape index (κ3) is 2.82. The lowest BCUT2D eigenvalue weighted by atomic mass is 9.99. The van der Waals surface area contributed by atoms with Crippen LogP contribution >= 0.6 is 0 Å². The van der Waals surface area contributed by atoms with Crippen LogP contribution in [0.1, 0.15) is 43.7 Å². The van der Waals surface area contributed by atoms with Crippen LogP contribution in [0.25, 0.3) is 5.57 Å². The fourth-order valence-corrected chi connectivity index (χ4v) is 3.50. The van der Waals surface area contributed by atoms with E-state index in [1.165, 1.54) is 10.6 Å². The van der Waals surface area contributed by atoms with Crippen molar-refractivity contribution in [1.82, 2.24) is 0 Å². The van der Waals surface area contributed by atoms with E-state index < -0.39 is 10.0 Å². The van der Waals surface area contributed by atoms with Crippen LogP contribution in [0.15, 0.2) is 18.7 Å². The summed E-state index contributed by atoms with van der Waals surface area (Å²) in [4.78, 5) is 0. The average Bonchev–Trinajstić information content (AvgIpc) is 3.11. The van der Waals surface area contributed by atoms with Gasteiger partial charge in [0.05, 0.1) is 11.9 Å². The van der Waals surface area contributed by atoms with Gasteiger partial charge in [0, 0.05) is 17.8 Å². The lowest BCUT2D eigenvalue weighted by molar-refractivity contribution is 0.597. The Kier molecular flexibility index (Phi) is 3.82. The van der Waals surface area contributed by atoms with Crippen molar-refractivity contribution >= 4 is 27.0 Å². The van der Waals surface area contributed by atoms with E-state index >= 15 is 0 Å². The van der Waals surface area contributed by atoms with Gasteiger partial charge in [-0.25, -0.2) is 8.42 Å². The normalized spacial score (nSPS) is 15.2. The molecule has 0 heterocycles. The number of benzene rings is 1. The van der Waals surface area contributed by atoms with Crippen LogP contribution in [-0.2, 0) is 10.0 Å². The maximum Gasteiger partial charge on any atom is 0.232 e. The molecule has 0 saturated heterocycles. The van der Waals surface area contributed by atoms with E-state index in [-0.39, 0.29) is 0 Å². The molecule has 1 aliphatic rings. The maximum absolute atomic E-state index is 12.0. The molecule has 0 bridgehead atoms. The second-order valence-corrected chi connectivity index (χ2v) is 7.39. The molecule has 0 spiro atoms. The van der Waals surface area contributed by atoms with Crippen molar-refractivity contribution in [2.45, 2.75) is 32.6 Å². The van der Waals surface area contributed by atoms with Crippen LogP contribution in [0.4, 0.5) is 11.4 Å². The molecule has 0 atom stereocenters. The summed E-state index contributed by atoms with van der Waals surface area (Å²) in [6, 6.07) is 3.79. The van der Waals surface area contributed by atoms with Crippen molar-refractivity contribution in [2.75, 3.05) is 22.8 Å². The molecule has 0 radical (unpaired) electrons. The van der Waals surface area contributed by atoms with Gasteiger partial charge in [-0.3, -0.25) is 4.31 Å². The molecular formula is C15H22N2O2S.